The number of nitrogens with two attached hydrogens (primary N) is 1. The fourth-order valence-electron chi connectivity index (χ4n) is 1.55. The highest BCUT2D eigenvalue weighted by atomic mass is 31.2. The quantitative estimate of drug-likeness (QED) is 0.265. The third-order valence-corrected chi connectivity index (χ3v) is 3.78. The Kier molecular flexibility index (Phi) is 12.8. The van der Waals surface area contributed by atoms with Gasteiger partial charge in [0.15, 0.2) is 6.10 Å². The van der Waals surface area contributed by atoms with Crippen LogP contribution < -0.4 is 5.73 Å². The van der Waals surface area contributed by atoms with Gasteiger partial charge in [-0.25, -0.2) is 4.57 Å². The van der Waals surface area contributed by atoms with Gasteiger partial charge in [-0.3, -0.25) is 18.6 Å². The van der Waals surface area contributed by atoms with Crippen molar-refractivity contribution < 1.29 is 37.6 Å². The van der Waals surface area contributed by atoms with Crippen LogP contribution in [-0.4, -0.2) is 49.3 Å². The SMILES string of the molecule is CCCCCC(=O)O[C@H](COC(=O)CC)COP(=O)(O)OCCN. The summed E-state index contributed by atoms with van der Waals surface area (Å²) in [5.41, 5.74) is 5.17. The van der Waals surface area contributed by atoms with Crippen molar-refractivity contribution in [2.45, 2.75) is 52.1 Å². The van der Waals surface area contributed by atoms with Crippen molar-refractivity contribution in [3.63, 3.8) is 0 Å². The summed E-state index contributed by atoms with van der Waals surface area (Å²) in [5, 5.41) is 0. The summed E-state index contributed by atoms with van der Waals surface area (Å²) in [6.07, 6.45) is 1.91. The second-order valence-corrected chi connectivity index (χ2v) is 6.45. The molecule has 0 aromatic heterocycles. The Bertz CT molecular complexity index is 418. The highest BCUT2D eigenvalue weighted by molar-refractivity contribution is 7.47. The van der Waals surface area contributed by atoms with Crippen molar-refractivity contribution in [2.24, 2.45) is 5.73 Å². The molecule has 0 rings (SSSR count). The molecule has 10 heteroatoms. The predicted octanol–water partition coefficient (Wildman–Crippen LogP) is 1.52. The molecule has 0 saturated heterocycles. The van der Waals surface area contributed by atoms with E-state index in [9.17, 15) is 19.0 Å². The molecule has 0 amide bonds. The number of ether oxygens (including phenoxy) is 2. The molecule has 1 unspecified atom stereocenters. The topological polar surface area (TPSA) is 134 Å². The maximum Gasteiger partial charge on any atom is 0.472 e. The lowest BCUT2D eigenvalue weighted by atomic mass is 10.2. The molecule has 0 heterocycles. The summed E-state index contributed by atoms with van der Waals surface area (Å²) < 4.78 is 30.9. The normalized spacial score (nSPS) is 14.7. The van der Waals surface area contributed by atoms with Crippen molar-refractivity contribution >= 4 is 19.8 Å². The second-order valence-electron chi connectivity index (χ2n) is 4.99. The van der Waals surface area contributed by atoms with Crippen LogP contribution in [0.2, 0.25) is 0 Å². The molecule has 0 spiro atoms. The van der Waals surface area contributed by atoms with E-state index in [2.05, 4.69) is 4.52 Å². The largest absolute Gasteiger partial charge is 0.472 e. The predicted molar refractivity (Wildman–Crippen MR) is 86.1 cm³/mol. The summed E-state index contributed by atoms with van der Waals surface area (Å²) in [5.74, 6) is -0.964. The molecule has 2 atom stereocenters. The molecular weight excluding hydrogens is 341 g/mol. The van der Waals surface area contributed by atoms with E-state index in [0.717, 1.165) is 12.8 Å². The van der Waals surface area contributed by atoms with Gasteiger partial charge in [0.05, 0.1) is 13.2 Å². The zero-order valence-corrected chi connectivity index (χ0v) is 15.2. The van der Waals surface area contributed by atoms with E-state index in [0.29, 0.717) is 6.42 Å². The smallest absolute Gasteiger partial charge is 0.462 e. The van der Waals surface area contributed by atoms with Crippen LogP contribution in [0.15, 0.2) is 0 Å². The minimum Gasteiger partial charge on any atom is -0.462 e. The van der Waals surface area contributed by atoms with E-state index in [1.54, 1.807) is 6.92 Å². The van der Waals surface area contributed by atoms with Crippen LogP contribution >= 0.6 is 7.82 Å². The van der Waals surface area contributed by atoms with E-state index >= 15 is 0 Å². The molecular formula is C14H28NO8P. The Morgan fingerprint density at radius 1 is 1.12 bits per heavy atom. The molecule has 9 nitrogen and oxygen atoms in total. The molecule has 24 heavy (non-hydrogen) atoms. The average molecular weight is 369 g/mol. The summed E-state index contributed by atoms with van der Waals surface area (Å²) in [7, 11) is -4.30. The lowest BCUT2D eigenvalue weighted by Crippen LogP contribution is -2.29. The van der Waals surface area contributed by atoms with Gasteiger partial charge in [-0.2, -0.15) is 0 Å². The van der Waals surface area contributed by atoms with E-state index in [4.69, 9.17) is 19.7 Å². The number of hydrogen-bond acceptors (Lipinski definition) is 8. The molecule has 0 saturated carbocycles. The Morgan fingerprint density at radius 3 is 2.42 bits per heavy atom. The van der Waals surface area contributed by atoms with Crippen molar-refractivity contribution in [3.8, 4) is 0 Å². The zero-order valence-electron chi connectivity index (χ0n) is 14.3. The summed E-state index contributed by atoms with van der Waals surface area (Å²) in [6.45, 7) is 2.83. The Labute approximate surface area is 142 Å². The standard InChI is InChI=1S/C14H28NO8P/c1-3-5-6-7-14(17)23-12(10-20-13(16)4-2)11-22-24(18,19)21-9-8-15/h12H,3-11,15H2,1-2H3,(H,18,19)/t12-/m1/s1. The van der Waals surface area contributed by atoms with Gasteiger partial charge >= 0.3 is 19.8 Å². The molecule has 0 radical (unpaired) electrons. The summed E-state index contributed by atoms with van der Waals surface area (Å²) in [6, 6.07) is 0. The van der Waals surface area contributed by atoms with Gasteiger partial charge in [0.2, 0.25) is 0 Å². The first-order valence-corrected chi connectivity index (χ1v) is 9.51. The summed E-state index contributed by atoms with van der Waals surface area (Å²) in [4.78, 5) is 32.4. The van der Waals surface area contributed by atoms with Crippen molar-refractivity contribution in [1.29, 1.82) is 0 Å². The minimum absolute atomic E-state index is 0.0534. The Morgan fingerprint density at radius 2 is 1.83 bits per heavy atom. The lowest BCUT2D eigenvalue weighted by molar-refractivity contribution is -0.161. The number of hydrogen-bond donors (Lipinski definition) is 2. The third-order valence-electron chi connectivity index (χ3n) is 2.80. The van der Waals surface area contributed by atoms with E-state index in [1.165, 1.54) is 0 Å². The average Bonchev–Trinajstić information content (AvgIpc) is 2.55. The molecule has 0 aromatic rings. The van der Waals surface area contributed by atoms with Gasteiger partial charge in [-0.05, 0) is 6.42 Å². The molecule has 0 aliphatic rings. The summed E-state index contributed by atoms with van der Waals surface area (Å²) >= 11 is 0. The van der Waals surface area contributed by atoms with Crippen LogP contribution in [-0.2, 0) is 32.7 Å². The van der Waals surface area contributed by atoms with Crippen molar-refractivity contribution in [2.75, 3.05) is 26.4 Å². The fraction of sp³-hybridized carbons (Fsp3) is 0.857. The molecule has 0 aliphatic carbocycles. The highest BCUT2D eigenvalue weighted by Crippen LogP contribution is 2.43. The number of esters is 2. The van der Waals surface area contributed by atoms with Gasteiger partial charge < -0.3 is 20.1 Å². The van der Waals surface area contributed by atoms with Crippen LogP contribution in [0.5, 0.6) is 0 Å². The first kappa shape index (κ1) is 23.0. The molecule has 0 aromatic carbocycles. The second kappa shape index (κ2) is 13.3. The maximum absolute atomic E-state index is 11.7. The van der Waals surface area contributed by atoms with Gasteiger partial charge in [-0.15, -0.1) is 0 Å². The van der Waals surface area contributed by atoms with Crippen LogP contribution in [0.4, 0.5) is 0 Å². The van der Waals surface area contributed by atoms with E-state index < -0.39 is 32.5 Å². The number of phosphoric ester groups is 1. The fourth-order valence-corrected chi connectivity index (χ4v) is 2.32. The van der Waals surface area contributed by atoms with Crippen LogP contribution in [0.25, 0.3) is 0 Å². The van der Waals surface area contributed by atoms with Gasteiger partial charge in [-0.1, -0.05) is 26.7 Å². The Hall–Kier alpha value is -0.990. The van der Waals surface area contributed by atoms with Crippen molar-refractivity contribution in [1.82, 2.24) is 0 Å². The number of unbranched alkanes of at least 4 members (excludes halogenated alkanes) is 2. The highest BCUT2D eigenvalue weighted by Gasteiger charge is 2.25. The third kappa shape index (κ3) is 12.4. The number of rotatable bonds is 14. The molecule has 0 aliphatic heterocycles. The molecule has 142 valence electrons. The van der Waals surface area contributed by atoms with Gasteiger partial charge in [0, 0.05) is 19.4 Å². The lowest BCUT2D eigenvalue weighted by Gasteiger charge is -2.19. The molecule has 0 bridgehead atoms. The van der Waals surface area contributed by atoms with Gasteiger partial charge in [0.25, 0.3) is 0 Å². The molecule has 0 fully saturated rings. The number of phosphoric acid groups is 1. The van der Waals surface area contributed by atoms with Crippen molar-refractivity contribution in [3.05, 3.63) is 0 Å². The van der Waals surface area contributed by atoms with Crippen LogP contribution in [0.1, 0.15) is 46.0 Å². The van der Waals surface area contributed by atoms with Gasteiger partial charge in [0.1, 0.15) is 6.61 Å². The zero-order chi connectivity index (χ0) is 18.4. The van der Waals surface area contributed by atoms with Crippen LogP contribution in [0.3, 0.4) is 0 Å². The number of carbonyl (C=O) groups excluding carboxylic acids is 2. The van der Waals surface area contributed by atoms with Crippen LogP contribution in [0, 0.1) is 0 Å². The Balaban J connectivity index is 4.48. The minimum atomic E-state index is -4.30. The molecule has 3 N–H and O–H groups in total. The monoisotopic (exact) mass is 369 g/mol. The first-order chi connectivity index (χ1) is 11.3. The first-order valence-electron chi connectivity index (χ1n) is 8.01. The maximum atomic E-state index is 11.7. The van der Waals surface area contributed by atoms with E-state index in [1.807, 2.05) is 6.92 Å². The van der Waals surface area contributed by atoms with E-state index in [-0.39, 0.29) is 32.6 Å². The number of carbonyl (C=O) groups is 2.